The molecule has 0 spiro atoms. The van der Waals surface area contributed by atoms with E-state index in [1.165, 1.54) is 0 Å². The van der Waals surface area contributed by atoms with E-state index in [-0.39, 0.29) is 5.97 Å². The monoisotopic (exact) mass is 180 g/mol. The molecule has 0 aromatic rings. The van der Waals surface area contributed by atoms with Crippen molar-refractivity contribution in [3.63, 3.8) is 0 Å². The highest BCUT2D eigenvalue weighted by Crippen LogP contribution is 2.16. The minimum Gasteiger partial charge on any atom is -0.444 e. The van der Waals surface area contributed by atoms with Gasteiger partial charge < -0.3 is 4.74 Å². The lowest BCUT2D eigenvalue weighted by molar-refractivity contribution is -0.154. The van der Waals surface area contributed by atoms with Gasteiger partial charge in [0.05, 0.1) is 5.41 Å². The Morgan fingerprint density at radius 2 is 2.08 bits per heavy atom. The molecule has 0 N–H and O–H groups in total. The molecule has 0 radical (unpaired) electrons. The molecule has 0 fully saturated rings. The van der Waals surface area contributed by atoms with Crippen LogP contribution in [0.4, 0.5) is 0 Å². The SMILES string of the molecule is C#CC(/C=C/C)OC(=O)C(C)(C)C. The highest BCUT2D eigenvalue weighted by Gasteiger charge is 2.24. The molecule has 0 aromatic carbocycles. The number of terminal acetylenes is 1. The second-order valence-electron chi connectivity index (χ2n) is 3.77. The van der Waals surface area contributed by atoms with Gasteiger partial charge in [0, 0.05) is 0 Å². The van der Waals surface area contributed by atoms with Crippen LogP contribution in [-0.2, 0) is 9.53 Å². The van der Waals surface area contributed by atoms with Gasteiger partial charge in [-0.05, 0) is 33.8 Å². The van der Waals surface area contributed by atoms with Crippen LogP contribution in [0.2, 0.25) is 0 Å². The van der Waals surface area contributed by atoms with E-state index in [4.69, 9.17) is 11.2 Å². The zero-order chi connectivity index (χ0) is 10.5. The van der Waals surface area contributed by atoms with Crippen molar-refractivity contribution < 1.29 is 9.53 Å². The topological polar surface area (TPSA) is 26.3 Å². The molecule has 2 nitrogen and oxygen atoms in total. The van der Waals surface area contributed by atoms with Crippen LogP contribution >= 0.6 is 0 Å². The molecule has 0 heterocycles. The fourth-order valence-corrected chi connectivity index (χ4v) is 0.596. The minimum absolute atomic E-state index is 0.284. The van der Waals surface area contributed by atoms with Gasteiger partial charge in [-0.2, -0.15) is 0 Å². The number of carbonyl (C=O) groups is 1. The van der Waals surface area contributed by atoms with Crippen molar-refractivity contribution in [1.29, 1.82) is 0 Å². The van der Waals surface area contributed by atoms with Gasteiger partial charge in [0.1, 0.15) is 0 Å². The number of carbonyl (C=O) groups excluding carboxylic acids is 1. The maximum atomic E-state index is 11.4. The number of ether oxygens (including phenoxy) is 1. The Balaban J connectivity index is 4.28. The molecule has 1 unspecified atom stereocenters. The summed E-state index contributed by atoms with van der Waals surface area (Å²) in [5.41, 5.74) is -0.503. The smallest absolute Gasteiger partial charge is 0.312 e. The molecule has 2 heteroatoms. The maximum Gasteiger partial charge on any atom is 0.312 e. The summed E-state index contributed by atoms with van der Waals surface area (Å²) in [5.74, 6) is 2.09. The summed E-state index contributed by atoms with van der Waals surface area (Å²) >= 11 is 0. The van der Waals surface area contributed by atoms with E-state index in [0.29, 0.717) is 0 Å². The van der Waals surface area contributed by atoms with Crippen molar-refractivity contribution in [3.05, 3.63) is 12.2 Å². The molecule has 13 heavy (non-hydrogen) atoms. The first-order chi connectivity index (χ1) is 5.91. The summed E-state index contributed by atoms with van der Waals surface area (Å²) in [4.78, 5) is 11.4. The van der Waals surface area contributed by atoms with Crippen LogP contribution < -0.4 is 0 Å². The predicted octanol–water partition coefficient (Wildman–Crippen LogP) is 2.15. The first-order valence-corrected chi connectivity index (χ1v) is 4.22. The summed E-state index contributed by atoms with van der Waals surface area (Å²) in [7, 11) is 0. The van der Waals surface area contributed by atoms with Gasteiger partial charge in [-0.15, -0.1) is 6.42 Å². The van der Waals surface area contributed by atoms with Crippen LogP contribution in [0.1, 0.15) is 27.7 Å². The molecule has 0 aliphatic carbocycles. The van der Waals surface area contributed by atoms with E-state index >= 15 is 0 Å². The third kappa shape index (κ3) is 4.37. The van der Waals surface area contributed by atoms with Gasteiger partial charge >= 0.3 is 5.97 Å². The van der Waals surface area contributed by atoms with Crippen molar-refractivity contribution in [2.24, 2.45) is 5.41 Å². The van der Waals surface area contributed by atoms with Crippen molar-refractivity contribution in [1.82, 2.24) is 0 Å². The molecule has 0 aliphatic rings. The van der Waals surface area contributed by atoms with E-state index in [1.54, 1.807) is 32.9 Å². The van der Waals surface area contributed by atoms with Crippen molar-refractivity contribution in [2.45, 2.75) is 33.8 Å². The van der Waals surface area contributed by atoms with E-state index in [0.717, 1.165) is 0 Å². The molecule has 0 aliphatic heterocycles. The van der Waals surface area contributed by atoms with Gasteiger partial charge in [0.2, 0.25) is 0 Å². The van der Waals surface area contributed by atoms with Crippen LogP contribution in [-0.4, -0.2) is 12.1 Å². The van der Waals surface area contributed by atoms with E-state index in [2.05, 4.69) is 5.92 Å². The standard InChI is InChI=1S/C11H16O2/c1-6-8-9(7-2)13-10(12)11(3,4)5/h2,6,8-9H,1,3-5H3/b8-6+. The van der Waals surface area contributed by atoms with Gasteiger partial charge in [0.15, 0.2) is 6.10 Å². The Labute approximate surface area is 80.0 Å². The quantitative estimate of drug-likeness (QED) is 0.370. The Morgan fingerprint density at radius 1 is 1.54 bits per heavy atom. The Morgan fingerprint density at radius 3 is 2.38 bits per heavy atom. The summed E-state index contributed by atoms with van der Waals surface area (Å²) in [6, 6.07) is 0. The fourth-order valence-electron chi connectivity index (χ4n) is 0.596. The molecule has 0 bridgehead atoms. The molecule has 0 aromatic heterocycles. The van der Waals surface area contributed by atoms with E-state index in [9.17, 15) is 4.79 Å². The molecule has 0 saturated heterocycles. The molecule has 1 atom stereocenters. The first kappa shape index (κ1) is 11.8. The lowest BCUT2D eigenvalue weighted by atomic mass is 9.97. The third-order valence-corrected chi connectivity index (χ3v) is 1.38. The molecular weight excluding hydrogens is 164 g/mol. The van der Waals surface area contributed by atoms with Gasteiger partial charge in [-0.3, -0.25) is 4.79 Å². The van der Waals surface area contributed by atoms with Crippen LogP contribution in [0.3, 0.4) is 0 Å². The maximum absolute atomic E-state index is 11.4. The Bertz CT molecular complexity index is 238. The molecule has 72 valence electrons. The van der Waals surface area contributed by atoms with E-state index in [1.807, 2.05) is 6.92 Å². The number of esters is 1. The zero-order valence-corrected chi connectivity index (χ0v) is 8.63. The van der Waals surface area contributed by atoms with E-state index < -0.39 is 11.5 Å². The van der Waals surface area contributed by atoms with Crippen LogP contribution in [0.15, 0.2) is 12.2 Å². The number of hydrogen-bond acceptors (Lipinski definition) is 2. The van der Waals surface area contributed by atoms with Crippen LogP contribution in [0, 0.1) is 17.8 Å². The number of rotatable bonds is 2. The second-order valence-corrected chi connectivity index (χ2v) is 3.77. The van der Waals surface area contributed by atoms with Crippen molar-refractivity contribution >= 4 is 5.97 Å². The minimum atomic E-state index is -0.545. The number of hydrogen-bond donors (Lipinski definition) is 0. The highest BCUT2D eigenvalue weighted by atomic mass is 16.5. The normalized spacial score (nSPS) is 13.8. The molecule has 0 saturated carbocycles. The van der Waals surface area contributed by atoms with Gasteiger partial charge in [-0.1, -0.05) is 12.0 Å². The summed E-state index contributed by atoms with van der Waals surface area (Å²) in [6.45, 7) is 7.20. The molecular formula is C11H16O2. The number of allylic oxidation sites excluding steroid dienone is 1. The summed E-state index contributed by atoms with van der Waals surface area (Å²) < 4.78 is 5.04. The highest BCUT2D eigenvalue weighted by molar-refractivity contribution is 5.75. The van der Waals surface area contributed by atoms with Crippen LogP contribution in [0.5, 0.6) is 0 Å². The van der Waals surface area contributed by atoms with Crippen molar-refractivity contribution in [2.75, 3.05) is 0 Å². The molecule has 0 amide bonds. The molecule has 0 rings (SSSR count). The average molecular weight is 180 g/mol. The zero-order valence-electron chi connectivity index (χ0n) is 8.63. The Kier molecular flexibility index (Phi) is 4.27. The summed E-state index contributed by atoms with van der Waals surface area (Å²) in [5, 5.41) is 0. The lowest BCUT2D eigenvalue weighted by Gasteiger charge is -2.18. The first-order valence-electron chi connectivity index (χ1n) is 4.22. The fraction of sp³-hybridized carbons (Fsp3) is 0.545. The average Bonchev–Trinajstić information content (AvgIpc) is 2.01. The van der Waals surface area contributed by atoms with Crippen LogP contribution in [0.25, 0.3) is 0 Å². The second kappa shape index (κ2) is 4.71. The Hall–Kier alpha value is -1.23. The predicted molar refractivity (Wildman–Crippen MR) is 53.0 cm³/mol. The lowest BCUT2D eigenvalue weighted by Crippen LogP contribution is -2.26. The summed E-state index contributed by atoms with van der Waals surface area (Å²) in [6.07, 6.45) is 8.06. The third-order valence-electron chi connectivity index (χ3n) is 1.38. The largest absolute Gasteiger partial charge is 0.444 e. The van der Waals surface area contributed by atoms with Gasteiger partial charge in [0.25, 0.3) is 0 Å². The van der Waals surface area contributed by atoms with Crippen molar-refractivity contribution in [3.8, 4) is 12.3 Å². The van der Waals surface area contributed by atoms with Gasteiger partial charge in [-0.25, -0.2) is 0 Å².